The van der Waals surface area contributed by atoms with Gasteiger partial charge in [-0.05, 0) is 41.8 Å². The number of hydrogen-bond donors (Lipinski definition) is 2. The number of nitro benzene ring substituents is 1. The van der Waals surface area contributed by atoms with E-state index in [1.165, 1.54) is 29.5 Å². The zero-order valence-electron chi connectivity index (χ0n) is 13.6. The van der Waals surface area contributed by atoms with Crippen LogP contribution in [0.15, 0.2) is 60.0 Å². The fourth-order valence-corrected chi connectivity index (χ4v) is 2.89. The van der Waals surface area contributed by atoms with Gasteiger partial charge < -0.3 is 10.6 Å². The van der Waals surface area contributed by atoms with Crippen molar-refractivity contribution in [3.05, 3.63) is 86.3 Å². The number of nitro groups is 1. The second kappa shape index (κ2) is 7.75. The van der Waals surface area contributed by atoms with E-state index < -0.39 is 22.3 Å². The summed E-state index contributed by atoms with van der Waals surface area (Å²) in [5.74, 6) is -1.84. The summed E-state index contributed by atoms with van der Waals surface area (Å²) in [6, 6.07) is 12.7. The number of carbonyl (C=O) groups excluding carboxylic acids is 2. The minimum absolute atomic E-state index is 0.0844. The van der Waals surface area contributed by atoms with Crippen molar-refractivity contribution in [2.24, 2.45) is 0 Å². The number of anilines is 2. The normalized spacial score (nSPS) is 10.3. The Kier molecular flexibility index (Phi) is 5.23. The van der Waals surface area contributed by atoms with Crippen molar-refractivity contribution in [2.45, 2.75) is 0 Å². The summed E-state index contributed by atoms with van der Waals surface area (Å²) in [6.45, 7) is 0. The minimum Gasteiger partial charge on any atom is -0.322 e. The second-order valence-electron chi connectivity index (χ2n) is 5.39. The smallest absolute Gasteiger partial charge is 0.306 e. The molecule has 27 heavy (non-hydrogen) atoms. The van der Waals surface area contributed by atoms with Crippen LogP contribution in [0.5, 0.6) is 0 Å². The molecule has 2 amide bonds. The first-order valence-corrected chi connectivity index (χ1v) is 8.52. The quantitative estimate of drug-likeness (QED) is 0.505. The van der Waals surface area contributed by atoms with Crippen molar-refractivity contribution < 1.29 is 18.9 Å². The van der Waals surface area contributed by atoms with Crippen LogP contribution in [0.4, 0.5) is 21.5 Å². The Morgan fingerprint density at radius 1 is 0.963 bits per heavy atom. The Morgan fingerprint density at radius 3 is 2.41 bits per heavy atom. The van der Waals surface area contributed by atoms with E-state index in [0.29, 0.717) is 10.6 Å². The molecule has 0 radical (unpaired) electrons. The third kappa shape index (κ3) is 4.33. The zero-order chi connectivity index (χ0) is 19.4. The van der Waals surface area contributed by atoms with Crippen LogP contribution < -0.4 is 10.6 Å². The first kappa shape index (κ1) is 18.2. The van der Waals surface area contributed by atoms with Gasteiger partial charge in [0.05, 0.1) is 9.80 Å². The van der Waals surface area contributed by atoms with Gasteiger partial charge in [-0.25, -0.2) is 0 Å². The average molecular weight is 385 g/mol. The van der Waals surface area contributed by atoms with Gasteiger partial charge in [-0.2, -0.15) is 4.39 Å². The van der Waals surface area contributed by atoms with Gasteiger partial charge in [-0.1, -0.05) is 12.1 Å². The molecule has 2 aromatic carbocycles. The average Bonchev–Trinajstić information content (AvgIpc) is 3.18. The lowest BCUT2D eigenvalue weighted by atomic mass is 10.1. The van der Waals surface area contributed by atoms with Crippen LogP contribution in [0.2, 0.25) is 0 Å². The first-order valence-electron chi connectivity index (χ1n) is 7.64. The highest BCUT2D eigenvalue weighted by molar-refractivity contribution is 7.12. The highest BCUT2D eigenvalue weighted by Gasteiger charge is 2.16. The third-order valence-corrected chi connectivity index (χ3v) is 4.40. The van der Waals surface area contributed by atoms with E-state index in [1.54, 1.807) is 29.6 Å². The summed E-state index contributed by atoms with van der Waals surface area (Å²) < 4.78 is 13.4. The zero-order valence-corrected chi connectivity index (χ0v) is 14.5. The Balaban J connectivity index is 1.75. The second-order valence-corrected chi connectivity index (χ2v) is 6.34. The van der Waals surface area contributed by atoms with Crippen molar-refractivity contribution >= 4 is 40.2 Å². The fraction of sp³-hybridized carbons (Fsp3) is 0. The molecule has 0 spiro atoms. The number of thiophene rings is 1. The number of nitrogens with zero attached hydrogens (tertiary/aromatic N) is 1. The lowest BCUT2D eigenvalue weighted by Gasteiger charge is -2.08. The van der Waals surface area contributed by atoms with Crippen LogP contribution >= 0.6 is 11.3 Å². The van der Waals surface area contributed by atoms with E-state index in [9.17, 15) is 24.1 Å². The Hall–Kier alpha value is -3.59. The van der Waals surface area contributed by atoms with E-state index >= 15 is 0 Å². The number of nitrogens with one attached hydrogen (secondary N) is 2. The number of carbonyl (C=O) groups is 2. The molecule has 1 aromatic heterocycles. The highest BCUT2D eigenvalue weighted by atomic mass is 32.1. The lowest BCUT2D eigenvalue weighted by Crippen LogP contribution is -2.14. The highest BCUT2D eigenvalue weighted by Crippen LogP contribution is 2.22. The van der Waals surface area contributed by atoms with E-state index in [0.717, 1.165) is 12.1 Å². The largest absolute Gasteiger partial charge is 0.322 e. The third-order valence-electron chi connectivity index (χ3n) is 3.53. The topological polar surface area (TPSA) is 101 Å². The van der Waals surface area contributed by atoms with Crippen LogP contribution in [0.25, 0.3) is 0 Å². The molecule has 136 valence electrons. The van der Waals surface area contributed by atoms with Crippen LogP contribution in [-0.2, 0) is 0 Å². The Bertz CT molecular complexity index is 1020. The molecule has 0 bridgehead atoms. The summed E-state index contributed by atoms with van der Waals surface area (Å²) in [4.78, 5) is 34.9. The van der Waals surface area contributed by atoms with Gasteiger partial charge in [0.2, 0.25) is 5.82 Å². The molecule has 9 heteroatoms. The molecule has 3 rings (SSSR count). The summed E-state index contributed by atoms with van der Waals surface area (Å²) in [6.07, 6.45) is 0. The van der Waals surface area contributed by atoms with Crippen molar-refractivity contribution in [1.29, 1.82) is 0 Å². The van der Waals surface area contributed by atoms with Crippen LogP contribution in [0.3, 0.4) is 0 Å². The number of hydrogen-bond acceptors (Lipinski definition) is 5. The Morgan fingerprint density at radius 2 is 1.70 bits per heavy atom. The van der Waals surface area contributed by atoms with Gasteiger partial charge in [-0.3, -0.25) is 19.7 Å². The van der Waals surface area contributed by atoms with Gasteiger partial charge in [0.1, 0.15) is 0 Å². The van der Waals surface area contributed by atoms with Crippen molar-refractivity contribution in [2.75, 3.05) is 10.6 Å². The molecule has 0 saturated heterocycles. The Labute approximate surface area is 156 Å². The van der Waals surface area contributed by atoms with Crippen molar-refractivity contribution in [3.63, 3.8) is 0 Å². The predicted molar refractivity (Wildman–Crippen MR) is 99.7 cm³/mol. The molecule has 0 aliphatic carbocycles. The number of benzene rings is 2. The molecule has 2 N–H and O–H groups in total. The predicted octanol–water partition coefficient (Wildman–Crippen LogP) is 4.30. The summed E-state index contributed by atoms with van der Waals surface area (Å²) >= 11 is 1.29. The molecule has 0 fully saturated rings. The van der Waals surface area contributed by atoms with Gasteiger partial charge in [0.25, 0.3) is 11.8 Å². The SMILES string of the molecule is O=C(Nc1ccc(F)c([N+](=O)[O-])c1)c1cccc(NC(=O)c2cccs2)c1. The molecule has 0 saturated carbocycles. The molecule has 3 aromatic rings. The number of rotatable bonds is 5. The monoisotopic (exact) mass is 385 g/mol. The number of amides is 2. The molecular weight excluding hydrogens is 373 g/mol. The summed E-state index contributed by atoms with van der Waals surface area (Å²) in [7, 11) is 0. The van der Waals surface area contributed by atoms with Crippen LogP contribution in [0, 0.1) is 15.9 Å². The maximum atomic E-state index is 13.4. The van der Waals surface area contributed by atoms with Gasteiger partial charge in [-0.15, -0.1) is 11.3 Å². The van der Waals surface area contributed by atoms with E-state index in [-0.39, 0.29) is 17.2 Å². The van der Waals surface area contributed by atoms with Gasteiger partial charge >= 0.3 is 5.69 Å². The van der Waals surface area contributed by atoms with Crippen molar-refractivity contribution in [1.82, 2.24) is 0 Å². The molecule has 0 unspecified atom stereocenters. The van der Waals surface area contributed by atoms with Gasteiger partial charge in [0, 0.05) is 23.0 Å². The van der Waals surface area contributed by atoms with E-state index in [1.807, 2.05) is 0 Å². The summed E-state index contributed by atoms with van der Waals surface area (Å²) in [5, 5.41) is 17.7. The van der Waals surface area contributed by atoms with E-state index in [4.69, 9.17) is 0 Å². The molecule has 0 aliphatic heterocycles. The standard InChI is InChI=1S/C18H12FN3O4S/c19-14-7-6-13(10-15(14)22(25)26)20-17(23)11-3-1-4-12(9-11)21-18(24)16-5-2-8-27-16/h1-10H,(H,20,23)(H,21,24). The van der Waals surface area contributed by atoms with Crippen molar-refractivity contribution in [3.8, 4) is 0 Å². The summed E-state index contributed by atoms with van der Waals surface area (Å²) in [5.41, 5.74) is 0.00276. The van der Waals surface area contributed by atoms with Crippen LogP contribution in [-0.4, -0.2) is 16.7 Å². The number of halogens is 1. The first-order chi connectivity index (χ1) is 12.9. The molecule has 1 heterocycles. The lowest BCUT2D eigenvalue weighted by molar-refractivity contribution is -0.387. The minimum atomic E-state index is -0.990. The van der Waals surface area contributed by atoms with Gasteiger partial charge in [0.15, 0.2) is 0 Å². The fourth-order valence-electron chi connectivity index (χ4n) is 2.27. The molecular formula is C18H12FN3O4S. The van der Waals surface area contributed by atoms with E-state index in [2.05, 4.69) is 10.6 Å². The molecule has 0 atom stereocenters. The maximum Gasteiger partial charge on any atom is 0.306 e. The van der Waals surface area contributed by atoms with Crippen LogP contribution in [0.1, 0.15) is 20.0 Å². The maximum absolute atomic E-state index is 13.4. The molecule has 7 nitrogen and oxygen atoms in total. The molecule has 0 aliphatic rings.